The maximum absolute atomic E-state index is 11.7. The largest absolute Gasteiger partial charge is 0.465 e. The Hall–Kier alpha value is -2.72. The van der Waals surface area contributed by atoms with Crippen LogP contribution in [0.3, 0.4) is 0 Å². The molecule has 1 saturated heterocycles. The predicted octanol–water partition coefficient (Wildman–Crippen LogP) is 0.144. The summed E-state index contributed by atoms with van der Waals surface area (Å²) in [6.07, 6.45) is 0. The number of hydrazine groups is 3. The monoisotopic (exact) mass is 281 g/mol. The van der Waals surface area contributed by atoms with Gasteiger partial charge in [0.15, 0.2) is 0 Å². The summed E-state index contributed by atoms with van der Waals surface area (Å²) >= 11 is 0. The summed E-state index contributed by atoms with van der Waals surface area (Å²) < 4.78 is 4.58. The van der Waals surface area contributed by atoms with E-state index in [-0.39, 0.29) is 16.9 Å². The van der Waals surface area contributed by atoms with E-state index in [1.807, 2.05) is 0 Å². The second kappa shape index (κ2) is 5.11. The predicted molar refractivity (Wildman–Crippen MR) is 66.5 cm³/mol. The normalized spacial score (nSPS) is 14.1. The second-order valence-electron chi connectivity index (χ2n) is 3.89. The lowest BCUT2D eigenvalue weighted by atomic mass is 10.1. The number of nitro groups is 1. The van der Waals surface area contributed by atoms with Crippen molar-refractivity contribution in [3.8, 4) is 0 Å². The van der Waals surface area contributed by atoms with E-state index in [2.05, 4.69) is 21.2 Å². The van der Waals surface area contributed by atoms with Crippen LogP contribution in [0.2, 0.25) is 0 Å². The van der Waals surface area contributed by atoms with Crippen LogP contribution >= 0.6 is 0 Å². The lowest BCUT2D eigenvalue weighted by Crippen LogP contribution is -2.38. The Balaban J connectivity index is 2.60. The van der Waals surface area contributed by atoms with Gasteiger partial charge in [-0.25, -0.2) is 14.6 Å². The van der Waals surface area contributed by atoms with Crippen molar-refractivity contribution < 1.29 is 19.2 Å². The molecule has 0 saturated carbocycles. The van der Waals surface area contributed by atoms with E-state index in [1.165, 1.54) is 13.2 Å². The molecule has 1 aliphatic rings. The smallest absolute Gasteiger partial charge is 0.353 e. The molecule has 0 aliphatic carbocycles. The molecular formula is C10H11N5O5. The van der Waals surface area contributed by atoms with Crippen molar-refractivity contribution >= 4 is 23.4 Å². The molecular weight excluding hydrogens is 270 g/mol. The molecule has 0 bridgehead atoms. The van der Waals surface area contributed by atoms with Crippen molar-refractivity contribution in [1.29, 1.82) is 0 Å². The van der Waals surface area contributed by atoms with E-state index in [9.17, 15) is 19.7 Å². The molecule has 2 rings (SSSR count). The molecule has 0 unspecified atom stereocenters. The zero-order valence-corrected chi connectivity index (χ0v) is 10.6. The third-order valence-electron chi connectivity index (χ3n) is 2.76. The van der Waals surface area contributed by atoms with Crippen LogP contribution in [0.25, 0.3) is 0 Å². The lowest BCUT2D eigenvalue weighted by molar-refractivity contribution is -0.384. The van der Waals surface area contributed by atoms with Gasteiger partial charge < -0.3 is 4.74 Å². The first-order valence-corrected chi connectivity index (χ1v) is 5.43. The maximum atomic E-state index is 11.7. The number of anilines is 1. The molecule has 3 N–H and O–H groups in total. The first kappa shape index (κ1) is 13.7. The molecule has 106 valence electrons. The number of esters is 1. The molecule has 1 aliphatic heterocycles. The van der Waals surface area contributed by atoms with Gasteiger partial charge in [0.1, 0.15) is 0 Å². The van der Waals surface area contributed by atoms with Gasteiger partial charge in [0.25, 0.3) is 5.69 Å². The summed E-state index contributed by atoms with van der Waals surface area (Å²) in [7, 11) is 1.17. The Labute approximate surface area is 112 Å². The Bertz CT molecular complexity index is 602. The van der Waals surface area contributed by atoms with Gasteiger partial charge in [0, 0.05) is 12.1 Å². The molecule has 0 aromatic heterocycles. The zero-order chi connectivity index (χ0) is 14.9. The fourth-order valence-corrected chi connectivity index (χ4v) is 1.76. The lowest BCUT2D eigenvalue weighted by Gasteiger charge is -2.17. The second-order valence-corrected chi connectivity index (χ2v) is 3.89. The van der Waals surface area contributed by atoms with Gasteiger partial charge in [-0.05, 0) is 12.5 Å². The molecule has 20 heavy (non-hydrogen) atoms. The molecule has 0 radical (unpaired) electrons. The minimum Gasteiger partial charge on any atom is -0.465 e. The average molecular weight is 281 g/mol. The number of benzene rings is 1. The molecule has 10 heteroatoms. The van der Waals surface area contributed by atoms with E-state index in [0.29, 0.717) is 5.56 Å². The van der Waals surface area contributed by atoms with Crippen LogP contribution in [0, 0.1) is 17.0 Å². The number of amides is 2. The number of rotatable bonds is 3. The highest BCUT2D eigenvalue weighted by molar-refractivity contribution is 5.98. The van der Waals surface area contributed by atoms with Crippen LogP contribution in [0.5, 0.6) is 0 Å². The number of nitro benzene ring substituents is 1. The number of methoxy groups -OCH3 is 1. The average Bonchev–Trinajstić information content (AvgIpc) is 2.84. The number of nitrogens with one attached hydrogen (secondary N) is 3. The van der Waals surface area contributed by atoms with Crippen molar-refractivity contribution in [2.45, 2.75) is 6.92 Å². The number of ether oxygens (including phenoxy) is 1. The Morgan fingerprint density at radius 2 is 2.15 bits per heavy atom. The number of carbonyl (C=O) groups is 2. The number of hydrogen-bond donors (Lipinski definition) is 3. The summed E-state index contributed by atoms with van der Waals surface area (Å²) in [6, 6.07) is 1.72. The highest BCUT2D eigenvalue weighted by atomic mass is 16.6. The van der Waals surface area contributed by atoms with Crippen LogP contribution in [-0.2, 0) is 4.74 Å². The number of urea groups is 1. The minimum absolute atomic E-state index is 0.0122. The maximum Gasteiger partial charge on any atom is 0.353 e. The van der Waals surface area contributed by atoms with E-state index in [4.69, 9.17) is 0 Å². The van der Waals surface area contributed by atoms with Crippen LogP contribution in [0.15, 0.2) is 12.1 Å². The highest BCUT2D eigenvalue weighted by Crippen LogP contribution is 2.29. The van der Waals surface area contributed by atoms with Crippen LogP contribution in [-0.4, -0.2) is 24.0 Å². The zero-order valence-electron chi connectivity index (χ0n) is 10.6. The molecule has 0 spiro atoms. The van der Waals surface area contributed by atoms with Crippen molar-refractivity contribution in [3.63, 3.8) is 0 Å². The van der Waals surface area contributed by atoms with Gasteiger partial charge in [0.2, 0.25) is 0 Å². The SMILES string of the molecule is COC(=O)c1cc([N+](=O)[O-])cc(N2NNNC2=O)c1C. The van der Waals surface area contributed by atoms with Gasteiger partial charge >= 0.3 is 12.0 Å². The quantitative estimate of drug-likeness (QED) is 0.408. The van der Waals surface area contributed by atoms with Crippen LogP contribution in [0.4, 0.5) is 16.2 Å². The number of carbonyl (C=O) groups excluding carboxylic acids is 2. The summed E-state index contributed by atoms with van der Waals surface area (Å²) in [5.41, 5.74) is 7.28. The standard InChI is InChI=1S/C10H11N5O5/c1-5-7(9(16)20-2)3-6(15(18)19)4-8(5)14-10(17)11-12-13-14/h3-4,12-13H,1-2H3,(H,11,17). The van der Waals surface area contributed by atoms with Crippen LogP contribution < -0.4 is 21.5 Å². The number of hydrogen-bond acceptors (Lipinski definition) is 7. The van der Waals surface area contributed by atoms with Crippen molar-refractivity contribution in [3.05, 3.63) is 33.4 Å². The van der Waals surface area contributed by atoms with Crippen molar-refractivity contribution in [2.24, 2.45) is 0 Å². The van der Waals surface area contributed by atoms with E-state index in [0.717, 1.165) is 11.1 Å². The summed E-state index contributed by atoms with van der Waals surface area (Å²) in [5.74, 6) is -0.722. The number of nitrogens with zero attached hydrogens (tertiary/aromatic N) is 2. The van der Waals surface area contributed by atoms with Gasteiger partial charge in [-0.2, -0.15) is 0 Å². The van der Waals surface area contributed by atoms with E-state index in [1.54, 1.807) is 6.92 Å². The molecule has 1 heterocycles. The molecule has 1 aromatic rings. The van der Waals surface area contributed by atoms with Crippen molar-refractivity contribution in [1.82, 2.24) is 16.5 Å². The van der Waals surface area contributed by atoms with Gasteiger partial charge in [0.05, 0.1) is 23.3 Å². The fourth-order valence-electron chi connectivity index (χ4n) is 1.76. The minimum atomic E-state index is -0.722. The van der Waals surface area contributed by atoms with Crippen molar-refractivity contribution in [2.75, 3.05) is 12.1 Å². The van der Waals surface area contributed by atoms with E-state index < -0.39 is 16.9 Å². The third kappa shape index (κ3) is 2.24. The summed E-state index contributed by atoms with van der Waals surface area (Å²) in [6.45, 7) is 1.55. The fraction of sp³-hybridized carbons (Fsp3) is 0.200. The summed E-state index contributed by atoms with van der Waals surface area (Å²) in [4.78, 5) is 33.5. The Kier molecular flexibility index (Phi) is 3.50. The molecule has 1 aromatic carbocycles. The first-order chi connectivity index (χ1) is 9.45. The summed E-state index contributed by atoms with van der Waals surface area (Å²) in [5, 5.41) is 11.9. The van der Waals surface area contributed by atoms with Crippen LogP contribution in [0.1, 0.15) is 15.9 Å². The first-order valence-electron chi connectivity index (χ1n) is 5.43. The third-order valence-corrected chi connectivity index (χ3v) is 2.76. The van der Waals surface area contributed by atoms with Gasteiger partial charge in [-0.1, -0.05) is 0 Å². The molecule has 2 amide bonds. The molecule has 10 nitrogen and oxygen atoms in total. The molecule has 1 fully saturated rings. The Morgan fingerprint density at radius 3 is 2.65 bits per heavy atom. The Morgan fingerprint density at radius 1 is 1.45 bits per heavy atom. The highest BCUT2D eigenvalue weighted by Gasteiger charge is 2.28. The topological polar surface area (TPSA) is 126 Å². The van der Waals surface area contributed by atoms with E-state index >= 15 is 0 Å². The molecule has 0 atom stereocenters. The number of non-ortho nitro benzene ring substituents is 1. The van der Waals surface area contributed by atoms with Gasteiger partial charge in [-0.3, -0.25) is 15.5 Å². The van der Waals surface area contributed by atoms with Gasteiger partial charge in [-0.15, -0.1) is 11.1 Å².